The summed E-state index contributed by atoms with van der Waals surface area (Å²) in [6.07, 6.45) is 0.440. The Hall–Kier alpha value is -3.43. The zero-order chi connectivity index (χ0) is 26.2. The minimum atomic E-state index is -3.99. The van der Waals surface area contributed by atoms with Crippen LogP contribution in [-0.4, -0.2) is 70.8 Å². The predicted octanol–water partition coefficient (Wildman–Crippen LogP) is 4.18. The molecule has 2 aliphatic rings. The summed E-state index contributed by atoms with van der Waals surface area (Å²) in [6.45, 7) is 4.01. The van der Waals surface area contributed by atoms with Crippen LogP contribution in [0.2, 0.25) is 0 Å². The minimum Gasteiger partial charge on any atom is -0.378 e. The summed E-state index contributed by atoms with van der Waals surface area (Å²) >= 11 is 0. The first-order chi connectivity index (χ1) is 17.7. The van der Waals surface area contributed by atoms with Gasteiger partial charge in [-0.05, 0) is 66.7 Å². The van der Waals surface area contributed by atoms with Crippen molar-refractivity contribution >= 4 is 27.1 Å². The van der Waals surface area contributed by atoms with Crippen LogP contribution < -0.4 is 9.80 Å². The van der Waals surface area contributed by atoms with Gasteiger partial charge in [-0.2, -0.15) is 17.9 Å². The molecule has 37 heavy (non-hydrogen) atoms. The summed E-state index contributed by atoms with van der Waals surface area (Å²) in [4.78, 5) is 6.69. The third kappa shape index (κ3) is 5.19. The molecule has 0 aromatic heterocycles. The Morgan fingerprint density at radius 1 is 0.865 bits per heavy atom. The van der Waals surface area contributed by atoms with Gasteiger partial charge in [-0.15, -0.1) is 0 Å². The van der Waals surface area contributed by atoms with Crippen molar-refractivity contribution in [3.63, 3.8) is 0 Å². The molecule has 2 heterocycles. The molecule has 0 bridgehead atoms. The van der Waals surface area contributed by atoms with Crippen LogP contribution in [0.4, 0.5) is 15.8 Å². The van der Waals surface area contributed by atoms with Gasteiger partial charge in [0.05, 0.1) is 16.6 Å². The van der Waals surface area contributed by atoms with Crippen LogP contribution >= 0.6 is 0 Å². The molecule has 0 saturated carbocycles. The normalized spacial score (nSPS) is 18.7. The van der Waals surface area contributed by atoms with Gasteiger partial charge in [0.2, 0.25) is 0 Å². The topological polar surface area (TPSA) is 59.5 Å². The highest BCUT2D eigenvalue weighted by atomic mass is 32.2. The van der Waals surface area contributed by atoms with Crippen LogP contribution in [0.3, 0.4) is 0 Å². The van der Waals surface area contributed by atoms with Gasteiger partial charge < -0.3 is 14.7 Å². The van der Waals surface area contributed by atoms with Crippen LogP contribution in [0.25, 0.3) is 0 Å². The molecule has 0 aliphatic carbocycles. The summed E-state index contributed by atoms with van der Waals surface area (Å²) in [7, 11) is 2.06. The molecule has 3 aromatic carbocycles. The van der Waals surface area contributed by atoms with E-state index in [-0.39, 0.29) is 4.90 Å². The van der Waals surface area contributed by atoms with Gasteiger partial charge in [-0.3, -0.25) is 0 Å². The van der Waals surface area contributed by atoms with E-state index >= 15 is 0 Å². The van der Waals surface area contributed by atoms with E-state index < -0.39 is 21.9 Å². The molecular weight excluding hydrogens is 489 g/mol. The number of rotatable bonds is 6. The number of hydrazone groups is 1. The second-order valence-corrected chi connectivity index (χ2v) is 11.6. The van der Waals surface area contributed by atoms with Crippen molar-refractivity contribution in [2.24, 2.45) is 5.10 Å². The highest BCUT2D eigenvalue weighted by Crippen LogP contribution is 2.38. The molecule has 7 nitrogen and oxygen atoms in total. The molecule has 1 atom stereocenters. The number of anilines is 2. The van der Waals surface area contributed by atoms with Gasteiger partial charge in [0, 0.05) is 58.1 Å². The van der Waals surface area contributed by atoms with E-state index in [0.29, 0.717) is 12.1 Å². The quantitative estimate of drug-likeness (QED) is 0.487. The van der Waals surface area contributed by atoms with Gasteiger partial charge in [0.25, 0.3) is 10.0 Å². The van der Waals surface area contributed by atoms with Crippen molar-refractivity contribution in [2.75, 3.05) is 57.1 Å². The lowest BCUT2D eigenvalue weighted by atomic mass is 9.98. The molecule has 194 valence electrons. The van der Waals surface area contributed by atoms with Crippen molar-refractivity contribution in [3.05, 3.63) is 89.7 Å². The fourth-order valence-corrected chi connectivity index (χ4v) is 6.20. The Kier molecular flexibility index (Phi) is 6.92. The van der Waals surface area contributed by atoms with Crippen molar-refractivity contribution in [2.45, 2.75) is 17.4 Å². The second-order valence-electron chi connectivity index (χ2n) is 9.82. The lowest BCUT2D eigenvalue weighted by Crippen LogP contribution is -2.44. The van der Waals surface area contributed by atoms with E-state index in [9.17, 15) is 12.8 Å². The second kappa shape index (κ2) is 10.1. The maximum Gasteiger partial charge on any atom is 0.279 e. The molecule has 9 heteroatoms. The zero-order valence-electron chi connectivity index (χ0n) is 21.4. The summed E-state index contributed by atoms with van der Waals surface area (Å²) in [5.74, 6) is -0.485. The predicted molar refractivity (Wildman–Crippen MR) is 146 cm³/mol. The molecule has 2 aliphatic heterocycles. The van der Waals surface area contributed by atoms with Gasteiger partial charge in [-0.25, -0.2) is 4.39 Å². The molecule has 0 N–H and O–H groups in total. The molecule has 0 amide bonds. The number of piperazine rings is 1. The summed E-state index contributed by atoms with van der Waals surface area (Å²) in [6, 6.07) is 20.4. The average molecular weight is 522 g/mol. The van der Waals surface area contributed by atoms with Crippen molar-refractivity contribution in [1.82, 2.24) is 9.31 Å². The molecule has 1 fully saturated rings. The van der Waals surface area contributed by atoms with E-state index in [1.54, 1.807) is 0 Å². The molecule has 0 spiro atoms. The maximum absolute atomic E-state index is 13.6. The number of hydrogen-bond acceptors (Lipinski definition) is 6. The average Bonchev–Trinajstić information content (AvgIpc) is 3.36. The number of likely N-dealkylation sites (N-methyl/N-ethyl adjacent to an activating group) is 1. The Bertz CT molecular complexity index is 1370. The first kappa shape index (κ1) is 25.2. The van der Waals surface area contributed by atoms with Crippen LogP contribution in [0, 0.1) is 5.82 Å². The fourth-order valence-electron chi connectivity index (χ4n) is 4.77. The SMILES string of the molecule is CN1CCN(c2ccc(C3=NN(S(=O)(=O)c4ccc(F)cc4)C(c4ccc(N(C)C)cc4)C3)cc2)CC1. The summed E-state index contributed by atoms with van der Waals surface area (Å²) < 4.78 is 42.0. The number of nitrogens with zero attached hydrogens (tertiary/aromatic N) is 5. The van der Waals surface area contributed by atoms with E-state index in [0.717, 1.165) is 60.8 Å². The number of benzene rings is 3. The number of sulfonamides is 1. The van der Waals surface area contributed by atoms with Crippen LogP contribution in [0.5, 0.6) is 0 Å². The molecule has 0 radical (unpaired) electrons. The molecule has 3 aromatic rings. The third-order valence-electron chi connectivity index (χ3n) is 7.09. The van der Waals surface area contributed by atoms with Crippen LogP contribution in [-0.2, 0) is 10.0 Å². The molecule has 5 rings (SSSR count). The highest BCUT2D eigenvalue weighted by Gasteiger charge is 2.37. The van der Waals surface area contributed by atoms with Crippen molar-refractivity contribution in [1.29, 1.82) is 0 Å². The molecule has 1 unspecified atom stereocenters. The summed E-state index contributed by atoms with van der Waals surface area (Å²) in [5.41, 5.74) is 4.63. The van der Waals surface area contributed by atoms with Crippen molar-refractivity contribution in [3.8, 4) is 0 Å². The zero-order valence-corrected chi connectivity index (χ0v) is 22.2. The standard InChI is InChI=1S/C28H32FN5O2S/c1-31(2)24-10-6-22(7-11-24)28-20-27(30-34(28)37(35,36)26-14-8-23(29)9-15-26)21-4-12-25(13-5-21)33-18-16-32(3)17-19-33/h4-15,28H,16-20H2,1-3H3. The van der Waals surface area contributed by atoms with Crippen molar-refractivity contribution < 1.29 is 12.8 Å². The van der Waals surface area contributed by atoms with Gasteiger partial charge in [0.15, 0.2) is 0 Å². The van der Waals surface area contributed by atoms with E-state index in [1.807, 2.05) is 55.4 Å². The smallest absolute Gasteiger partial charge is 0.279 e. The lowest BCUT2D eigenvalue weighted by Gasteiger charge is -2.34. The maximum atomic E-state index is 13.6. The lowest BCUT2D eigenvalue weighted by molar-refractivity contribution is 0.313. The van der Waals surface area contributed by atoms with E-state index in [2.05, 4.69) is 34.1 Å². The monoisotopic (exact) mass is 521 g/mol. The van der Waals surface area contributed by atoms with Crippen LogP contribution in [0.1, 0.15) is 23.6 Å². The largest absolute Gasteiger partial charge is 0.378 e. The minimum absolute atomic E-state index is 0.0132. The van der Waals surface area contributed by atoms with E-state index in [1.165, 1.54) is 16.5 Å². The highest BCUT2D eigenvalue weighted by molar-refractivity contribution is 7.89. The third-order valence-corrected chi connectivity index (χ3v) is 8.79. The Balaban J connectivity index is 1.47. The molecule has 1 saturated heterocycles. The Morgan fingerprint density at radius 3 is 2.08 bits per heavy atom. The number of halogens is 1. The van der Waals surface area contributed by atoms with Gasteiger partial charge in [0.1, 0.15) is 5.82 Å². The molecular formula is C28H32FN5O2S. The van der Waals surface area contributed by atoms with Crippen LogP contribution in [0.15, 0.2) is 82.8 Å². The van der Waals surface area contributed by atoms with Gasteiger partial charge >= 0.3 is 0 Å². The Morgan fingerprint density at radius 2 is 1.49 bits per heavy atom. The van der Waals surface area contributed by atoms with Gasteiger partial charge in [-0.1, -0.05) is 24.3 Å². The first-order valence-corrected chi connectivity index (χ1v) is 13.8. The number of hydrogen-bond donors (Lipinski definition) is 0. The van der Waals surface area contributed by atoms with E-state index in [4.69, 9.17) is 0 Å². The Labute approximate surface area is 218 Å². The fraction of sp³-hybridized carbons (Fsp3) is 0.321. The first-order valence-electron chi connectivity index (χ1n) is 12.4. The summed E-state index contributed by atoms with van der Waals surface area (Å²) in [5, 5.41) is 4.63.